The van der Waals surface area contributed by atoms with E-state index in [1.54, 1.807) is 22.9 Å². The number of hydrogen-bond acceptors (Lipinski definition) is 3. The van der Waals surface area contributed by atoms with Crippen LogP contribution in [0.2, 0.25) is 5.02 Å². The molecule has 2 N–H and O–H groups in total. The van der Waals surface area contributed by atoms with Gasteiger partial charge in [0.2, 0.25) is 5.91 Å². The van der Waals surface area contributed by atoms with Crippen molar-refractivity contribution in [2.75, 3.05) is 0 Å². The van der Waals surface area contributed by atoms with Gasteiger partial charge in [0, 0.05) is 23.7 Å². The zero-order valence-electron chi connectivity index (χ0n) is 15.8. The lowest BCUT2D eigenvalue weighted by molar-refractivity contribution is -0.121. The molecule has 0 aliphatic carbocycles. The van der Waals surface area contributed by atoms with Gasteiger partial charge < -0.3 is 10.6 Å². The van der Waals surface area contributed by atoms with Crippen molar-refractivity contribution in [3.8, 4) is 0 Å². The number of carbonyl (C=O) groups excluding carboxylic acids is 2. The number of halogens is 1. The molecule has 1 aliphatic heterocycles. The summed E-state index contributed by atoms with van der Waals surface area (Å²) in [5.74, 6) is -0.233. The van der Waals surface area contributed by atoms with Gasteiger partial charge in [0.15, 0.2) is 0 Å². The maximum Gasteiger partial charge on any atom is 0.272 e. The Morgan fingerprint density at radius 1 is 1.07 bits per heavy atom. The topological polar surface area (TPSA) is 76.0 Å². The van der Waals surface area contributed by atoms with Crippen molar-refractivity contribution in [1.82, 2.24) is 20.4 Å². The lowest BCUT2D eigenvalue weighted by atomic mass is 10.1. The summed E-state index contributed by atoms with van der Waals surface area (Å²) in [5, 5.41) is 11.0. The van der Waals surface area contributed by atoms with Crippen LogP contribution >= 0.6 is 11.6 Å². The average molecular weight is 409 g/mol. The summed E-state index contributed by atoms with van der Waals surface area (Å²) in [7, 11) is 0. The number of fused-ring (bicyclic) bond motifs is 1. The molecule has 0 bridgehead atoms. The predicted molar refractivity (Wildman–Crippen MR) is 111 cm³/mol. The lowest BCUT2D eigenvalue weighted by Crippen LogP contribution is -2.37. The van der Waals surface area contributed by atoms with E-state index in [0.29, 0.717) is 36.6 Å². The van der Waals surface area contributed by atoms with Crippen LogP contribution in [0.1, 0.15) is 27.3 Å². The second-order valence-electron chi connectivity index (χ2n) is 7.14. The highest BCUT2D eigenvalue weighted by molar-refractivity contribution is 6.30. The zero-order chi connectivity index (χ0) is 20.2. The van der Waals surface area contributed by atoms with E-state index in [1.165, 1.54) is 0 Å². The average Bonchev–Trinajstić information content (AvgIpc) is 3.27. The van der Waals surface area contributed by atoms with Crippen molar-refractivity contribution in [3.05, 3.63) is 88.2 Å². The number of hydrogen-bond donors (Lipinski definition) is 2. The quantitative estimate of drug-likeness (QED) is 0.658. The summed E-state index contributed by atoms with van der Waals surface area (Å²) in [5.41, 5.74) is 3.31. The molecule has 4 rings (SSSR count). The molecule has 0 saturated carbocycles. The highest BCUT2D eigenvalue weighted by atomic mass is 35.5. The van der Waals surface area contributed by atoms with Crippen molar-refractivity contribution >= 4 is 23.4 Å². The van der Waals surface area contributed by atoms with Gasteiger partial charge in [0.1, 0.15) is 5.69 Å². The highest BCUT2D eigenvalue weighted by Gasteiger charge is 2.26. The maximum atomic E-state index is 12.3. The number of benzene rings is 2. The predicted octanol–water partition coefficient (Wildman–Crippen LogP) is 2.75. The molecule has 2 heterocycles. The second kappa shape index (κ2) is 8.49. The summed E-state index contributed by atoms with van der Waals surface area (Å²) in [6, 6.07) is 18.8. The van der Waals surface area contributed by atoms with Gasteiger partial charge in [-0.05, 0) is 29.3 Å². The molecular formula is C22H21ClN4O2. The number of nitrogens with zero attached hydrogens (tertiary/aromatic N) is 2. The number of amides is 2. The van der Waals surface area contributed by atoms with Crippen LogP contribution in [0.3, 0.4) is 0 Å². The number of rotatable bonds is 6. The Kier molecular flexibility index (Phi) is 5.62. The van der Waals surface area contributed by atoms with Gasteiger partial charge in [-0.3, -0.25) is 14.3 Å². The van der Waals surface area contributed by atoms with Crippen molar-refractivity contribution in [1.29, 1.82) is 0 Å². The first-order valence-electron chi connectivity index (χ1n) is 9.49. The molecular weight excluding hydrogens is 388 g/mol. The van der Waals surface area contributed by atoms with Crippen molar-refractivity contribution < 1.29 is 9.59 Å². The zero-order valence-corrected chi connectivity index (χ0v) is 16.5. The lowest BCUT2D eigenvalue weighted by Gasteiger charge is -2.12. The first kappa shape index (κ1) is 19.2. The van der Waals surface area contributed by atoms with E-state index in [1.807, 2.05) is 42.5 Å². The van der Waals surface area contributed by atoms with Crippen LogP contribution in [-0.2, 0) is 30.7 Å². The minimum absolute atomic E-state index is 0.0151. The van der Waals surface area contributed by atoms with E-state index < -0.39 is 0 Å². The SMILES string of the molecule is O=C(Cc1ccc(Cl)cc1)NC1Cc2cc(C(=O)NCc3ccccc3)nn2C1. The normalized spacial score (nSPS) is 15.0. The Morgan fingerprint density at radius 3 is 2.55 bits per heavy atom. The Hall–Kier alpha value is -3.12. The summed E-state index contributed by atoms with van der Waals surface area (Å²) >= 11 is 5.87. The number of aromatic nitrogens is 2. The van der Waals surface area contributed by atoms with Crippen molar-refractivity contribution in [2.45, 2.75) is 32.0 Å². The fourth-order valence-corrected chi connectivity index (χ4v) is 3.57. The third-order valence-electron chi connectivity index (χ3n) is 4.88. The molecule has 0 fully saturated rings. The van der Waals surface area contributed by atoms with Gasteiger partial charge in [-0.25, -0.2) is 0 Å². The van der Waals surface area contributed by atoms with Crippen LogP contribution in [0.25, 0.3) is 0 Å². The van der Waals surface area contributed by atoms with Crippen LogP contribution in [-0.4, -0.2) is 27.6 Å². The molecule has 6 nitrogen and oxygen atoms in total. The second-order valence-corrected chi connectivity index (χ2v) is 7.58. The molecule has 2 aromatic carbocycles. The van der Waals surface area contributed by atoms with E-state index in [0.717, 1.165) is 16.8 Å². The van der Waals surface area contributed by atoms with Gasteiger partial charge in [0.25, 0.3) is 5.91 Å². The van der Waals surface area contributed by atoms with E-state index in [-0.39, 0.29) is 17.9 Å². The third kappa shape index (κ3) is 4.84. The minimum atomic E-state index is -0.195. The third-order valence-corrected chi connectivity index (χ3v) is 5.14. The van der Waals surface area contributed by atoms with E-state index in [9.17, 15) is 9.59 Å². The summed E-state index contributed by atoms with van der Waals surface area (Å²) < 4.78 is 1.80. The molecule has 29 heavy (non-hydrogen) atoms. The monoisotopic (exact) mass is 408 g/mol. The van der Waals surface area contributed by atoms with Gasteiger partial charge >= 0.3 is 0 Å². The molecule has 7 heteroatoms. The molecule has 0 saturated heterocycles. The Balaban J connectivity index is 1.28. The van der Waals surface area contributed by atoms with Crippen LogP contribution in [0.4, 0.5) is 0 Å². The minimum Gasteiger partial charge on any atom is -0.351 e. The summed E-state index contributed by atoms with van der Waals surface area (Å²) in [6.07, 6.45) is 0.967. The molecule has 3 aromatic rings. The smallest absolute Gasteiger partial charge is 0.272 e. The summed E-state index contributed by atoms with van der Waals surface area (Å²) in [4.78, 5) is 24.6. The van der Waals surface area contributed by atoms with Crippen LogP contribution in [0.15, 0.2) is 60.7 Å². The molecule has 148 valence electrons. The fraction of sp³-hybridized carbons (Fsp3) is 0.227. The first-order chi connectivity index (χ1) is 14.1. The van der Waals surface area contributed by atoms with E-state index in [4.69, 9.17) is 11.6 Å². The van der Waals surface area contributed by atoms with Gasteiger partial charge in [-0.1, -0.05) is 54.1 Å². The van der Waals surface area contributed by atoms with Gasteiger partial charge in [-0.2, -0.15) is 5.10 Å². The maximum absolute atomic E-state index is 12.3. The van der Waals surface area contributed by atoms with E-state index >= 15 is 0 Å². The molecule has 1 unspecified atom stereocenters. The van der Waals surface area contributed by atoms with Crippen LogP contribution < -0.4 is 10.6 Å². The Morgan fingerprint density at radius 2 is 1.83 bits per heavy atom. The largest absolute Gasteiger partial charge is 0.351 e. The molecule has 1 aliphatic rings. The highest BCUT2D eigenvalue weighted by Crippen LogP contribution is 2.17. The first-order valence-corrected chi connectivity index (χ1v) is 9.87. The van der Waals surface area contributed by atoms with Gasteiger partial charge in [-0.15, -0.1) is 0 Å². The fourth-order valence-electron chi connectivity index (χ4n) is 3.45. The molecule has 0 radical (unpaired) electrons. The van der Waals surface area contributed by atoms with Crippen molar-refractivity contribution in [2.24, 2.45) is 0 Å². The Bertz CT molecular complexity index is 992. The number of carbonyl (C=O) groups is 2. The molecule has 1 atom stereocenters. The van der Waals surface area contributed by atoms with E-state index in [2.05, 4.69) is 15.7 Å². The number of nitrogens with one attached hydrogen (secondary N) is 2. The molecule has 0 spiro atoms. The standard InChI is InChI=1S/C22H21ClN4O2/c23-17-8-6-15(7-9-17)10-21(28)25-18-11-19-12-20(26-27(19)14-18)22(29)24-13-16-4-2-1-3-5-16/h1-9,12,18H,10-11,13-14H2,(H,24,29)(H,25,28). The van der Waals surface area contributed by atoms with Gasteiger partial charge in [0.05, 0.1) is 19.0 Å². The summed E-state index contributed by atoms with van der Waals surface area (Å²) in [6.45, 7) is 1.03. The Labute approximate surface area is 173 Å². The van der Waals surface area contributed by atoms with Crippen LogP contribution in [0, 0.1) is 0 Å². The van der Waals surface area contributed by atoms with Crippen LogP contribution in [0.5, 0.6) is 0 Å². The molecule has 2 amide bonds. The van der Waals surface area contributed by atoms with Crippen molar-refractivity contribution in [3.63, 3.8) is 0 Å². The molecule has 1 aromatic heterocycles.